The Labute approximate surface area is 117 Å². The van der Waals surface area contributed by atoms with Gasteiger partial charge in [0.1, 0.15) is 0 Å². The molecule has 0 aliphatic heterocycles. The highest BCUT2D eigenvalue weighted by Gasteiger charge is 1.99. The van der Waals surface area contributed by atoms with Crippen molar-refractivity contribution in [1.82, 2.24) is 0 Å². The topological polar surface area (TPSA) is 17.1 Å². The van der Waals surface area contributed by atoms with E-state index in [0.717, 1.165) is 24.8 Å². The minimum Gasteiger partial charge on any atom is -0.295 e. The molecule has 19 heavy (non-hydrogen) atoms. The van der Waals surface area contributed by atoms with Crippen LogP contribution in [0.4, 0.5) is 0 Å². The van der Waals surface area contributed by atoms with Crippen LogP contribution in [0.15, 0.2) is 54.1 Å². The van der Waals surface area contributed by atoms with Gasteiger partial charge in [0.05, 0.1) is 0 Å². The molecule has 1 aromatic carbocycles. The van der Waals surface area contributed by atoms with Gasteiger partial charge in [-0.2, -0.15) is 0 Å². The molecule has 0 heterocycles. The zero-order valence-corrected chi connectivity index (χ0v) is 12.2. The van der Waals surface area contributed by atoms with E-state index in [0.29, 0.717) is 5.92 Å². The fraction of sp³-hybridized carbons (Fsp3) is 0.389. The van der Waals surface area contributed by atoms with Crippen molar-refractivity contribution in [2.24, 2.45) is 5.92 Å². The second kappa shape index (κ2) is 8.47. The summed E-state index contributed by atoms with van der Waals surface area (Å²) in [5.74, 6) is 0.684. The molecule has 1 unspecified atom stereocenters. The van der Waals surface area contributed by atoms with Crippen LogP contribution in [0, 0.1) is 5.92 Å². The highest BCUT2D eigenvalue weighted by Crippen LogP contribution is 2.13. The maximum absolute atomic E-state index is 11.3. The van der Waals surface area contributed by atoms with E-state index in [4.69, 9.17) is 0 Å². The average molecular weight is 256 g/mol. The van der Waals surface area contributed by atoms with Crippen molar-refractivity contribution in [3.8, 4) is 0 Å². The van der Waals surface area contributed by atoms with Gasteiger partial charge in [0.2, 0.25) is 0 Å². The Morgan fingerprint density at radius 3 is 2.53 bits per heavy atom. The number of hydrogen-bond donors (Lipinski definition) is 0. The van der Waals surface area contributed by atoms with Crippen molar-refractivity contribution >= 4 is 5.78 Å². The van der Waals surface area contributed by atoms with Crippen molar-refractivity contribution < 1.29 is 4.79 Å². The Hall–Kier alpha value is -1.63. The zero-order valence-electron chi connectivity index (χ0n) is 12.2. The van der Waals surface area contributed by atoms with Gasteiger partial charge in [0.15, 0.2) is 5.78 Å². The molecular weight excluding hydrogens is 232 g/mol. The molecule has 0 amide bonds. The Bertz CT molecular complexity index is 440. The van der Waals surface area contributed by atoms with E-state index in [1.54, 1.807) is 13.0 Å². The summed E-state index contributed by atoms with van der Waals surface area (Å²) < 4.78 is 0. The second-order valence-electron chi connectivity index (χ2n) is 5.06. The third-order valence-electron chi connectivity index (χ3n) is 3.22. The van der Waals surface area contributed by atoms with Crippen molar-refractivity contribution in [2.45, 2.75) is 40.0 Å². The van der Waals surface area contributed by atoms with Crippen LogP contribution >= 0.6 is 0 Å². The summed E-state index contributed by atoms with van der Waals surface area (Å²) in [4.78, 5) is 11.3. The quantitative estimate of drug-likeness (QED) is 0.509. The normalized spacial score (nSPS) is 13.7. The molecular formula is C18H24O. The molecule has 0 saturated carbocycles. The molecule has 1 atom stereocenters. The highest BCUT2D eigenvalue weighted by molar-refractivity contribution is 5.88. The number of aryl methyl sites for hydroxylation is 1. The van der Waals surface area contributed by atoms with Gasteiger partial charge in [0, 0.05) is 0 Å². The lowest BCUT2D eigenvalue weighted by Gasteiger charge is -2.05. The summed E-state index contributed by atoms with van der Waals surface area (Å²) in [6.45, 7) is 5.98. The largest absolute Gasteiger partial charge is 0.295 e. The standard InChI is InChI=1S/C18H24O/c1-4-15(2)10-11-18(14-16(3)19)13-12-17-8-6-5-7-9-17/h5-11,14-15H,4,12-13H2,1-3H3/b11-10-,18-14+. The first-order chi connectivity index (χ1) is 9.11. The molecule has 1 aromatic rings. The smallest absolute Gasteiger partial charge is 0.152 e. The van der Waals surface area contributed by atoms with Crippen LogP contribution in [0.1, 0.15) is 39.2 Å². The van der Waals surface area contributed by atoms with Crippen molar-refractivity contribution in [2.75, 3.05) is 0 Å². The van der Waals surface area contributed by atoms with Gasteiger partial charge in [-0.3, -0.25) is 4.79 Å². The first-order valence-corrected chi connectivity index (χ1v) is 7.05. The minimum absolute atomic E-state index is 0.122. The first-order valence-electron chi connectivity index (χ1n) is 7.05. The van der Waals surface area contributed by atoms with Crippen LogP contribution in [-0.4, -0.2) is 5.78 Å². The van der Waals surface area contributed by atoms with Crippen LogP contribution in [0.3, 0.4) is 0 Å². The molecule has 0 N–H and O–H groups in total. The van der Waals surface area contributed by atoms with Gasteiger partial charge in [-0.15, -0.1) is 0 Å². The molecule has 0 aliphatic rings. The van der Waals surface area contributed by atoms with E-state index < -0.39 is 0 Å². The predicted molar refractivity (Wildman–Crippen MR) is 82.1 cm³/mol. The van der Waals surface area contributed by atoms with Crippen LogP contribution in [0.5, 0.6) is 0 Å². The third-order valence-corrected chi connectivity index (χ3v) is 3.22. The molecule has 0 saturated heterocycles. The van der Waals surface area contributed by atoms with Gasteiger partial charge in [-0.25, -0.2) is 0 Å². The molecule has 0 aliphatic carbocycles. The maximum Gasteiger partial charge on any atom is 0.152 e. The lowest BCUT2D eigenvalue weighted by Crippen LogP contribution is -1.92. The SMILES string of the molecule is CCC(C)/C=C\C(=C/C(C)=O)CCc1ccccc1. The van der Waals surface area contributed by atoms with Gasteiger partial charge in [0.25, 0.3) is 0 Å². The fourth-order valence-corrected chi connectivity index (χ4v) is 1.82. The average Bonchev–Trinajstić information content (AvgIpc) is 2.42. The van der Waals surface area contributed by atoms with E-state index in [-0.39, 0.29) is 5.78 Å². The Morgan fingerprint density at radius 2 is 1.95 bits per heavy atom. The molecule has 0 bridgehead atoms. The van der Waals surface area contributed by atoms with Gasteiger partial charge >= 0.3 is 0 Å². The predicted octanol–water partition coefficient (Wildman–Crippen LogP) is 4.74. The van der Waals surface area contributed by atoms with E-state index >= 15 is 0 Å². The maximum atomic E-state index is 11.3. The highest BCUT2D eigenvalue weighted by atomic mass is 16.1. The number of rotatable bonds is 7. The molecule has 0 fully saturated rings. The summed E-state index contributed by atoms with van der Waals surface area (Å²) in [7, 11) is 0. The van der Waals surface area contributed by atoms with Crippen LogP contribution in [0.25, 0.3) is 0 Å². The van der Waals surface area contributed by atoms with Crippen LogP contribution in [-0.2, 0) is 11.2 Å². The van der Waals surface area contributed by atoms with E-state index in [2.05, 4.69) is 50.3 Å². The lowest BCUT2D eigenvalue weighted by molar-refractivity contribution is -0.112. The Balaban J connectivity index is 2.66. The number of carbonyl (C=O) groups is 1. The van der Waals surface area contributed by atoms with Crippen LogP contribution < -0.4 is 0 Å². The van der Waals surface area contributed by atoms with Crippen molar-refractivity contribution in [3.05, 3.63) is 59.7 Å². The monoisotopic (exact) mass is 256 g/mol. The minimum atomic E-state index is 0.122. The summed E-state index contributed by atoms with van der Waals surface area (Å²) in [6.07, 6.45) is 9.07. The summed E-state index contributed by atoms with van der Waals surface area (Å²) >= 11 is 0. The number of benzene rings is 1. The zero-order chi connectivity index (χ0) is 14.1. The second-order valence-corrected chi connectivity index (χ2v) is 5.06. The number of hydrogen-bond acceptors (Lipinski definition) is 1. The first kappa shape index (κ1) is 15.4. The number of allylic oxidation sites excluding steroid dienone is 4. The molecule has 0 spiro atoms. The van der Waals surface area contributed by atoms with Gasteiger partial charge < -0.3 is 0 Å². The van der Waals surface area contributed by atoms with Crippen molar-refractivity contribution in [1.29, 1.82) is 0 Å². The molecule has 0 radical (unpaired) electrons. The fourth-order valence-electron chi connectivity index (χ4n) is 1.82. The van der Waals surface area contributed by atoms with E-state index in [9.17, 15) is 4.79 Å². The molecule has 1 heteroatoms. The number of carbonyl (C=O) groups excluding carboxylic acids is 1. The summed E-state index contributed by atoms with van der Waals surface area (Å²) in [5, 5.41) is 0. The summed E-state index contributed by atoms with van der Waals surface area (Å²) in [5.41, 5.74) is 2.44. The Morgan fingerprint density at radius 1 is 1.26 bits per heavy atom. The Kier molecular flexibility index (Phi) is 6.88. The molecule has 102 valence electrons. The van der Waals surface area contributed by atoms with E-state index in [1.807, 2.05) is 6.07 Å². The number of ketones is 1. The van der Waals surface area contributed by atoms with Gasteiger partial charge in [-0.1, -0.05) is 62.8 Å². The van der Waals surface area contributed by atoms with Gasteiger partial charge in [-0.05, 0) is 42.9 Å². The third kappa shape index (κ3) is 6.76. The van der Waals surface area contributed by atoms with E-state index in [1.165, 1.54) is 5.56 Å². The lowest BCUT2D eigenvalue weighted by atomic mass is 10.0. The molecule has 0 aromatic heterocycles. The molecule has 1 rings (SSSR count). The van der Waals surface area contributed by atoms with Crippen LogP contribution in [0.2, 0.25) is 0 Å². The molecule has 1 nitrogen and oxygen atoms in total. The van der Waals surface area contributed by atoms with Crippen molar-refractivity contribution in [3.63, 3.8) is 0 Å². The summed E-state index contributed by atoms with van der Waals surface area (Å²) in [6, 6.07) is 10.4.